The molecule has 0 heterocycles. The molecule has 4 heteroatoms. The van der Waals surface area contributed by atoms with Gasteiger partial charge in [0.15, 0.2) is 0 Å². The Morgan fingerprint density at radius 2 is 1.95 bits per heavy atom. The van der Waals surface area contributed by atoms with Crippen molar-refractivity contribution in [2.45, 2.75) is 26.4 Å². The minimum absolute atomic E-state index is 0.249. The summed E-state index contributed by atoms with van der Waals surface area (Å²) in [7, 11) is 0. The Hall–Kier alpha value is -1.14. The van der Waals surface area contributed by atoms with Gasteiger partial charge in [0, 0.05) is 21.7 Å². The number of halogens is 2. The first-order chi connectivity index (χ1) is 9.56. The Labute approximate surface area is 132 Å². The molecule has 0 radical (unpaired) electrons. The first kappa shape index (κ1) is 15.3. The number of rotatable bonds is 5. The second-order valence-electron chi connectivity index (χ2n) is 4.81. The van der Waals surface area contributed by atoms with E-state index in [1.54, 1.807) is 12.1 Å². The van der Waals surface area contributed by atoms with Gasteiger partial charge in [0.25, 0.3) is 0 Å². The summed E-state index contributed by atoms with van der Waals surface area (Å²) < 4.78 is 20.9. The van der Waals surface area contributed by atoms with E-state index in [1.807, 2.05) is 38.1 Å². The molecule has 2 rings (SSSR count). The third-order valence-corrected chi connectivity index (χ3v) is 3.46. The molecule has 0 bridgehead atoms. The van der Waals surface area contributed by atoms with Gasteiger partial charge in [0.1, 0.15) is 17.3 Å². The Bertz CT molecular complexity index is 586. The van der Waals surface area contributed by atoms with Crippen LogP contribution in [0.25, 0.3) is 0 Å². The van der Waals surface area contributed by atoms with Crippen molar-refractivity contribution in [1.82, 2.24) is 5.32 Å². The smallest absolute Gasteiger partial charge is 0.134 e. The molecule has 0 aliphatic carbocycles. The second-order valence-corrected chi connectivity index (χ2v) is 6.06. The summed E-state index contributed by atoms with van der Waals surface area (Å²) in [6, 6.07) is 12.9. The summed E-state index contributed by atoms with van der Waals surface area (Å²) in [5, 5.41) is 3.22. The minimum atomic E-state index is -0.249. The molecule has 0 aromatic heterocycles. The van der Waals surface area contributed by atoms with E-state index in [9.17, 15) is 4.39 Å². The average molecular weight is 385 g/mol. The van der Waals surface area contributed by atoms with Crippen molar-refractivity contribution >= 4 is 22.6 Å². The van der Waals surface area contributed by atoms with Gasteiger partial charge in [-0.25, -0.2) is 4.39 Å². The molecule has 0 atom stereocenters. The topological polar surface area (TPSA) is 21.3 Å². The first-order valence-corrected chi connectivity index (χ1v) is 7.58. The highest BCUT2D eigenvalue weighted by molar-refractivity contribution is 14.1. The normalized spacial score (nSPS) is 10.8. The minimum Gasteiger partial charge on any atom is -0.457 e. The highest BCUT2D eigenvalue weighted by Crippen LogP contribution is 2.28. The fourth-order valence-corrected chi connectivity index (χ4v) is 2.28. The molecule has 2 nitrogen and oxygen atoms in total. The van der Waals surface area contributed by atoms with Crippen molar-refractivity contribution in [3.8, 4) is 11.5 Å². The highest BCUT2D eigenvalue weighted by atomic mass is 127. The van der Waals surface area contributed by atoms with Crippen LogP contribution >= 0.6 is 22.6 Å². The SMILES string of the molecule is CC(C)NCc1c(F)cccc1Oc1cccc(I)c1. The summed E-state index contributed by atoms with van der Waals surface area (Å²) >= 11 is 2.22. The lowest BCUT2D eigenvalue weighted by Gasteiger charge is -2.14. The van der Waals surface area contributed by atoms with Gasteiger partial charge in [-0.3, -0.25) is 0 Å². The molecule has 1 N–H and O–H groups in total. The van der Waals surface area contributed by atoms with Crippen LogP contribution in [-0.4, -0.2) is 6.04 Å². The van der Waals surface area contributed by atoms with Gasteiger partial charge in [0.2, 0.25) is 0 Å². The van der Waals surface area contributed by atoms with Crippen LogP contribution in [0.5, 0.6) is 11.5 Å². The van der Waals surface area contributed by atoms with Crippen LogP contribution in [0.15, 0.2) is 42.5 Å². The van der Waals surface area contributed by atoms with Gasteiger partial charge in [-0.1, -0.05) is 26.0 Å². The molecule has 0 unspecified atom stereocenters. The van der Waals surface area contributed by atoms with E-state index in [-0.39, 0.29) is 5.82 Å². The third kappa shape index (κ3) is 4.18. The molecule has 106 valence electrons. The second kappa shape index (κ2) is 7.04. The van der Waals surface area contributed by atoms with Crippen molar-refractivity contribution in [3.63, 3.8) is 0 Å². The van der Waals surface area contributed by atoms with Gasteiger partial charge in [-0.15, -0.1) is 0 Å². The molecule has 20 heavy (non-hydrogen) atoms. The molecule has 0 saturated carbocycles. The predicted octanol–water partition coefficient (Wildman–Crippen LogP) is 4.72. The largest absolute Gasteiger partial charge is 0.457 e. The zero-order valence-electron chi connectivity index (χ0n) is 11.5. The maximum Gasteiger partial charge on any atom is 0.134 e. The number of hydrogen-bond acceptors (Lipinski definition) is 2. The summed E-state index contributed by atoms with van der Waals surface area (Å²) in [6.07, 6.45) is 0. The van der Waals surface area contributed by atoms with Crippen molar-refractivity contribution in [1.29, 1.82) is 0 Å². The van der Waals surface area contributed by atoms with E-state index in [4.69, 9.17) is 4.74 Å². The summed E-state index contributed by atoms with van der Waals surface area (Å²) in [5.41, 5.74) is 0.556. The first-order valence-electron chi connectivity index (χ1n) is 6.50. The predicted molar refractivity (Wildman–Crippen MR) is 87.6 cm³/mol. The molecular formula is C16H17FINO. The fourth-order valence-electron chi connectivity index (χ4n) is 1.77. The van der Waals surface area contributed by atoms with Crippen LogP contribution in [0.3, 0.4) is 0 Å². The highest BCUT2D eigenvalue weighted by Gasteiger charge is 2.11. The van der Waals surface area contributed by atoms with E-state index in [1.165, 1.54) is 6.07 Å². The Balaban J connectivity index is 2.24. The lowest BCUT2D eigenvalue weighted by Crippen LogP contribution is -2.22. The number of hydrogen-bond donors (Lipinski definition) is 1. The summed E-state index contributed by atoms with van der Waals surface area (Å²) in [6.45, 7) is 4.51. The lowest BCUT2D eigenvalue weighted by atomic mass is 10.1. The molecule has 0 aliphatic rings. The number of benzene rings is 2. The Morgan fingerprint density at radius 3 is 2.65 bits per heavy atom. The van der Waals surface area contributed by atoms with Gasteiger partial charge in [-0.05, 0) is 52.9 Å². The van der Waals surface area contributed by atoms with Crippen molar-refractivity contribution in [3.05, 3.63) is 57.4 Å². The molecule has 0 aliphatic heterocycles. The van der Waals surface area contributed by atoms with Crippen molar-refractivity contribution in [2.24, 2.45) is 0 Å². The van der Waals surface area contributed by atoms with Crippen LogP contribution in [0, 0.1) is 9.39 Å². The van der Waals surface area contributed by atoms with E-state index < -0.39 is 0 Å². The van der Waals surface area contributed by atoms with E-state index in [2.05, 4.69) is 27.9 Å². The van der Waals surface area contributed by atoms with Crippen LogP contribution in [0.2, 0.25) is 0 Å². The molecular weight excluding hydrogens is 368 g/mol. The van der Waals surface area contributed by atoms with Crippen LogP contribution < -0.4 is 10.1 Å². The van der Waals surface area contributed by atoms with Gasteiger partial charge >= 0.3 is 0 Å². The van der Waals surface area contributed by atoms with Crippen molar-refractivity contribution in [2.75, 3.05) is 0 Å². The molecule has 0 spiro atoms. The molecule has 2 aromatic carbocycles. The number of ether oxygens (including phenoxy) is 1. The maximum atomic E-state index is 14.0. The fraction of sp³-hybridized carbons (Fsp3) is 0.250. The van der Waals surface area contributed by atoms with Crippen LogP contribution in [0.4, 0.5) is 4.39 Å². The molecule has 0 saturated heterocycles. The molecule has 2 aromatic rings. The zero-order chi connectivity index (χ0) is 14.5. The van der Waals surface area contributed by atoms with Gasteiger partial charge in [-0.2, -0.15) is 0 Å². The third-order valence-electron chi connectivity index (χ3n) is 2.79. The molecule has 0 fully saturated rings. The maximum absolute atomic E-state index is 14.0. The number of nitrogens with one attached hydrogen (secondary N) is 1. The quantitative estimate of drug-likeness (QED) is 0.753. The van der Waals surface area contributed by atoms with E-state index in [0.29, 0.717) is 29.6 Å². The van der Waals surface area contributed by atoms with E-state index >= 15 is 0 Å². The summed E-state index contributed by atoms with van der Waals surface area (Å²) in [4.78, 5) is 0. The standard InChI is InChI=1S/C16H17FINO/c1-11(2)19-10-14-15(17)7-4-8-16(14)20-13-6-3-5-12(18)9-13/h3-9,11,19H,10H2,1-2H3. The van der Waals surface area contributed by atoms with Crippen LogP contribution in [0.1, 0.15) is 19.4 Å². The monoisotopic (exact) mass is 385 g/mol. The van der Waals surface area contributed by atoms with Crippen LogP contribution in [-0.2, 0) is 6.54 Å². The van der Waals surface area contributed by atoms with E-state index in [0.717, 1.165) is 3.57 Å². The molecule has 0 amide bonds. The lowest BCUT2D eigenvalue weighted by molar-refractivity contribution is 0.457. The zero-order valence-corrected chi connectivity index (χ0v) is 13.6. The van der Waals surface area contributed by atoms with Gasteiger partial charge in [0.05, 0.1) is 0 Å². The van der Waals surface area contributed by atoms with Gasteiger partial charge < -0.3 is 10.1 Å². The average Bonchev–Trinajstić information content (AvgIpc) is 2.38. The Morgan fingerprint density at radius 1 is 1.20 bits per heavy atom. The summed E-state index contributed by atoms with van der Waals surface area (Å²) in [5.74, 6) is 1.02. The van der Waals surface area contributed by atoms with Crippen molar-refractivity contribution < 1.29 is 9.13 Å². The Kier molecular flexibility index (Phi) is 5.37.